The normalized spacial score (nSPS) is 10.2. The Balaban J connectivity index is 2.83. The highest BCUT2D eigenvalue weighted by atomic mass is 18.0. The second kappa shape index (κ2) is 12.9. The molecular formula is H2N2O13. The fourth-order valence-corrected chi connectivity index (χ4v) is 0.131. The van der Waals surface area contributed by atoms with Crippen molar-refractivity contribution in [3.05, 3.63) is 0 Å². The molecule has 0 fully saturated rings. The van der Waals surface area contributed by atoms with Gasteiger partial charge in [0.15, 0.2) is 0 Å². The van der Waals surface area contributed by atoms with E-state index in [1.165, 1.54) is 0 Å². The Morgan fingerprint density at radius 2 is 1.07 bits per heavy atom. The summed E-state index contributed by atoms with van der Waals surface area (Å²) in [5.74, 6) is 0. The summed E-state index contributed by atoms with van der Waals surface area (Å²) >= 11 is 0. The molecule has 2 N–H and O–H groups in total. The van der Waals surface area contributed by atoms with E-state index in [0.717, 1.165) is 0 Å². The van der Waals surface area contributed by atoms with Crippen LogP contribution in [0.15, 0.2) is 5.28 Å². The van der Waals surface area contributed by atoms with E-state index >= 15 is 0 Å². The van der Waals surface area contributed by atoms with Crippen molar-refractivity contribution in [2.75, 3.05) is 0 Å². The number of nitrogens with zero attached hydrogens (tertiary/aromatic N) is 1. The van der Waals surface area contributed by atoms with Crippen LogP contribution < -0.4 is 0 Å². The van der Waals surface area contributed by atoms with Crippen LogP contribution in [0, 0.1) is 5.53 Å². The van der Waals surface area contributed by atoms with Gasteiger partial charge < -0.3 is 0 Å². The molecule has 15 nitrogen and oxygen atoms in total. The molecule has 0 heterocycles. The summed E-state index contributed by atoms with van der Waals surface area (Å²) in [5, 5.41) is 46.6. The lowest BCUT2D eigenvalue weighted by Gasteiger charge is -1.96. The van der Waals surface area contributed by atoms with E-state index in [9.17, 15) is 0 Å². The van der Waals surface area contributed by atoms with Crippen LogP contribution in [-0.4, -0.2) is 5.26 Å². The molecule has 90 valence electrons. The monoisotopic (exact) mass is 238 g/mol. The van der Waals surface area contributed by atoms with Crippen LogP contribution >= 0.6 is 0 Å². The summed E-state index contributed by atoms with van der Waals surface area (Å²) in [6, 6.07) is 0. The summed E-state index contributed by atoms with van der Waals surface area (Å²) in [6.07, 6.45) is 0. The third-order valence-corrected chi connectivity index (χ3v) is 0.348. The predicted molar refractivity (Wildman–Crippen MR) is 20.8 cm³/mol. The van der Waals surface area contributed by atoms with Gasteiger partial charge in [0.05, 0.1) is 5.28 Å². The van der Waals surface area contributed by atoms with Crippen LogP contribution in [0.5, 0.6) is 0 Å². The van der Waals surface area contributed by atoms with Gasteiger partial charge in [-0.3, -0.25) is 0 Å². The lowest BCUT2D eigenvalue weighted by molar-refractivity contribution is -0.869. The topological polar surface area (TPSA) is 167 Å². The molecule has 15 heteroatoms. The molecule has 0 amide bonds. The standard InChI is InChI=1S/H2N2O13/c1-2-4-6-8-10-12-14-15-13-11-9-7-5-3/h1,3H. The van der Waals surface area contributed by atoms with Gasteiger partial charge in [-0.2, -0.15) is 10.5 Å². The summed E-state index contributed by atoms with van der Waals surface area (Å²) in [5.41, 5.74) is 5.98. The van der Waals surface area contributed by atoms with Gasteiger partial charge in [0.1, 0.15) is 0 Å². The highest BCUT2D eigenvalue weighted by Gasteiger charge is 1.97. The van der Waals surface area contributed by atoms with Crippen molar-refractivity contribution in [3.63, 3.8) is 0 Å². The molecule has 0 atom stereocenters. The van der Waals surface area contributed by atoms with E-state index in [1.54, 1.807) is 0 Å². The van der Waals surface area contributed by atoms with Gasteiger partial charge in [0.25, 0.3) is 0 Å². The number of hydrogen-bond donors (Lipinski definition) is 2. The van der Waals surface area contributed by atoms with Crippen LogP contribution in [0.2, 0.25) is 0 Å². The van der Waals surface area contributed by atoms with E-state index in [0.29, 0.717) is 0 Å². The Labute approximate surface area is 77.9 Å². The molecular weight excluding hydrogens is 236 g/mol. The first kappa shape index (κ1) is 13.9. The quantitative estimate of drug-likeness (QED) is 0.196. The van der Waals surface area contributed by atoms with Gasteiger partial charge in [-0.25, -0.2) is 5.26 Å². The molecule has 15 heavy (non-hydrogen) atoms. The van der Waals surface area contributed by atoms with E-state index in [2.05, 4.69) is 65.7 Å². The first-order valence-electron chi connectivity index (χ1n) is 2.42. The number of hydrogen-bond acceptors (Lipinski definition) is 15. The van der Waals surface area contributed by atoms with E-state index in [1.807, 2.05) is 0 Å². The Morgan fingerprint density at radius 3 is 1.47 bits per heavy atom. The minimum absolute atomic E-state index is 2.20. The predicted octanol–water partition coefficient (Wildman–Crippen LogP) is -0.330. The average Bonchev–Trinajstić information content (AvgIpc) is 2.26. The fourth-order valence-electron chi connectivity index (χ4n) is 0.131. The third-order valence-electron chi connectivity index (χ3n) is 0.348. The van der Waals surface area contributed by atoms with Crippen LogP contribution in [0.25, 0.3) is 0 Å². The lowest BCUT2D eigenvalue weighted by atomic mass is 13.1. The highest BCUT2D eigenvalue weighted by molar-refractivity contribution is 3.35. The molecule has 0 rings (SSSR count). The van der Waals surface area contributed by atoms with E-state index < -0.39 is 0 Å². The molecule has 0 aliphatic heterocycles. The second-order valence-corrected chi connectivity index (χ2v) is 0.921. The van der Waals surface area contributed by atoms with Crippen molar-refractivity contribution in [3.8, 4) is 0 Å². The Morgan fingerprint density at radius 1 is 0.667 bits per heavy atom. The second-order valence-electron chi connectivity index (χ2n) is 0.921. The molecule has 0 aliphatic carbocycles. The fraction of sp³-hybridized carbons (Fsp3) is 0. The van der Waals surface area contributed by atoms with Gasteiger partial charge in [0.2, 0.25) is 0 Å². The first-order chi connectivity index (χ1) is 7.41. The molecule has 0 radical (unpaired) electrons. The van der Waals surface area contributed by atoms with E-state index in [4.69, 9.17) is 10.8 Å². The summed E-state index contributed by atoms with van der Waals surface area (Å²) in [4.78, 5) is 3.44. The largest absolute Gasteiger partial charge is 0.219 e. The molecule has 0 aromatic heterocycles. The smallest absolute Gasteiger partial charge is 0.0604 e. The maximum absolute atomic E-state index is 7.45. The molecule has 0 unspecified atom stereocenters. The zero-order chi connectivity index (χ0) is 11.2. The van der Waals surface area contributed by atoms with E-state index in [-0.39, 0.29) is 0 Å². The molecule has 0 bridgehead atoms. The zero-order valence-electron chi connectivity index (χ0n) is 6.29. The molecule has 0 aromatic rings. The van der Waals surface area contributed by atoms with Crippen molar-refractivity contribution in [1.29, 1.82) is 5.53 Å². The average molecular weight is 238 g/mol. The maximum Gasteiger partial charge on any atom is 0.0604 e. The Bertz CT molecular complexity index is 124. The van der Waals surface area contributed by atoms with Crippen molar-refractivity contribution >= 4 is 0 Å². The van der Waals surface area contributed by atoms with Gasteiger partial charge in [0, 0.05) is 30.2 Å². The van der Waals surface area contributed by atoms with Crippen molar-refractivity contribution in [2.24, 2.45) is 5.28 Å². The molecule has 0 aromatic carbocycles. The van der Waals surface area contributed by atoms with Crippen LogP contribution in [0.3, 0.4) is 0 Å². The molecule has 0 spiro atoms. The molecule has 0 aliphatic rings. The SMILES string of the molecule is N=NOOOOOOOOOOOOO. The zero-order valence-corrected chi connectivity index (χ0v) is 6.29. The molecule has 0 saturated carbocycles. The summed E-state index contributed by atoms with van der Waals surface area (Å²) < 4.78 is 0. The number of rotatable bonds is 12. The maximum atomic E-state index is 7.45. The summed E-state index contributed by atoms with van der Waals surface area (Å²) in [6.45, 7) is 0. The lowest BCUT2D eigenvalue weighted by Crippen LogP contribution is -2.03. The minimum atomic E-state index is 2.20. The molecule has 0 saturated heterocycles. The van der Waals surface area contributed by atoms with Gasteiger partial charge in [-0.1, -0.05) is 0 Å². The third kappa shape index (κ3) is 12.9. The van der Waals surface area contributed by atoms with Crippen molar-refractivity contribution < 1.29 is 65.7 Å². The van der Waals surface area contributed by atoms with Crippen LogP contribution in [0.4, 0.5) is 0 Å². The number of nitrogens with one attached hydrogen (secondary N) is 1. The van der Waals surface area contributed by atoms with Crippen LogP contribution in [-0.2, 0) is 60.4 Å². The Hall–Kier alpha value is -1.08. The van der Waals surface area contributed by atoms with Crippen molar-refractivity contribution in [1.82, 2.24) is 0 Å². The van der Waals surface area contributed by atoms with Gasteiger partial charge >= 0.3 is 0 Å². The summed E-state index contributed by atoms with van der Waals surface area (Å²) in [7, 11) is 0. The first-order valence-corrected chi connectivity index (χ1v) is 2.42. The highest BCUT2D eigenvalue weighted by Crippen LogP contribution is 1.90. The Kier molecular flexibility index (Phi) is 12.0. The van der Waals surface area contributed by atoms with Gasteiger partial charge in [-0.15, -0.1) is 0 Å². The van der Waals surface area contributed by atoms with Crippen molar-refractivity contribution in [2.45, 2.75) is 0 Å². The van der Waals surface area contributed by atoms with Gasteiger partial charge in [-0.05, 0) is 25.2 Å². The van der Waals surface area contributed by atoms with Crippen LogP contribution in [0.1, 0.15) is 0 Å². The minimum Gasteiger partial charge on any atom is -0.219 e.